The molecule has 32 heavy (non-hydrogen) atoms. The van der Waals surface area contributed by atoms with Crippen molar-refractivity contribution in [3.63, 3.8) is 0 Å². The number of amides is 1. The Hall–Kier alpha value is -1.97. The Morgan fingerprint density at radius 2 is 1.62 bits per heavy atom. The van der Waals surface area contributed by atoms with E-state index in [-0.39, 0.29) is 17.2 Å². The van der Waals surface area contributed by atoms with Gasteiger partial charge in [-0.15, -0.1) is 11.3 Å². The minimum Gasteiger partial charge on any atom is -0.345 e. The number of sulfonamides is 1. The lowest BCUT2D eigenvalue weighted by molar-refractivity contribution is -0.137. The Balaban J connectivity index is 1.32. The van der Waals surface area contributed by atoms with Crippen LogP contribution in [-0.2, 0) is 20.2 Å². The quantitative estimate of drug-likeness (QED) is 0.678. The summed E-state index contributed by atoms with van der Waals surface area (Å²) in [6.45, 7) is 10.1. The lowest BCUT2D eigenvalue weighted by Crippen LogP contribution is -2.52. The standard InChI is InChI=1S/C23H32N4O3S2/c1-23(2,3)19-4-6-20(7-5-19)32(29,30)27-11-8-18(9-12-27)21(28)25-13-15-26(16-14-25)22-24-10-17-31-22/h4-7,10,17-18H,8-9,11-16H2,1-3H3. The van der Waals surface area contributed by atoms with Gasteiger partial charge in [-0.25, -0.2) is 13.4 Å². The number of carbonyl (C=O) groups excluding carboxylic acids is 1. The van der Waals surface area contributed by atoms with Gasteiger partial charge < -0.3 is 9.80 Å². The molecule has 0 unspecified atom stereocenters. The van der Waals surface area contributed by atoms with Gasteiger partial charge in [0, 0.05) is 56.8 Å². The zero-order valence-corrected chi connectivity index (χ0v) is 20.7. The molecule has 0 N–H and O–H groups in total. The van der Waals surface area contributed by atoms with Gasteiger partial charge in [-0.1, -0.05) is 32.9 Å². The summed E-state index contributed by atoms with van der Waals surface area (Å²) in [6.07, 6.45) is 2.95. The molecule has 0 aliphatic carbocycles. The van der Waals surface area contributed by atoms with Gasteiger partial charge in [0.05, 0.1) is 4.90 Å². The number of piperidine rings is 1. The summed E-state index contributed by atoms with van der Waals surface area (Å²) in [5, 5.41) is 2.97. The van der Waals surface area contributed by atoms with E-state index in [0.29, 0.717) is 43.9 Å². The van der Waals surface area contributed by atoms with Crippen LogP contribution >= 0.6 is 11.3 Å². The largest absolute Gasteiger partial charge is 0.345 e. The van der Waals surface area contributed by atoms with Crippen molar-refractivity contribution in [1.82, 2.24) is 14.2 Å². The number of piperazine rings is 1. The van der Waals surface area contributed by atoms with E-state index < -0.39 is 10.0 Å². The van der Waals surface area contributed by atoms with E-state index in [9.17, 15) is 13.2 Å². The summed E-state index contributed by atoms with van der Waals surface area (Å²) in [5.74, 6) is 0.0616. The molecule has 2 fully saturated rings. The van der Waals surface area contributed by atoms with Crippen molar-refractivity contribution in [2.45, 2.75) is 43.9 Å². The highest BCUT2D eigenvalue weighted by molar-refractivity contribution is 7.89. The minimum atomic E-state index is -3.53. The summed E-state index contributed by atoms with van der Waals surface area (Å²) in [4.78, 5) is 21.9. The molecule has 2 aliphatic heterocycles. The van der Waals surface area contributed by atoms with Gasteiger partial charge in [-0.3, -0.25) is 4.79 Å². The fourth-order valence-electron chi connectivity index (χ4n) is 4.37. The number of rotatable bonds is 4. The summed E-state index contributed by atoms with van der Waals surface area (Å²) >= 11 is 1.62. The van der Waals surface area contributed by atoms with E-state index in [1.54, 1.807) is 29.7 Å². The number of hydrogen-bond donors (Lipinski definition) is 0. The van der Waals surface area contributed by atoms with Gasteiger partial charge >= 0.3 is 0 Å². The maximum atomic E-state index is 13.1. The molecule has 2 saturated heterocycles. The van der Waals surface area contributed by atoms with Crippen LogP contribution in [0.15, 0.2) is 40.7 Å². The molecule has 174 valence electrons. The zero-order valence-electron chi connectivity index (χ0n) is 19.0. The third-order valence-corrected chi connectivity index (χ3v) is 9.19. The van der Waals surface area contributed by atoms with E-state index in [0.717, 1.165) is 23.8 Å². The predicted molar refractivity (Wildman–Crippen MR) is 128 cm³/mol. The van der Waals surface area contributed by atoms with Crippen LogP contribution in [0.4, 0.5) is 5.13 Å². The van der Waals surface area contributed by atoms with Crippen LogP contribution in [0.2, 0.25) is 0 Å². The predicted octanol–water partition coefficient (Wildman–Crippen LogP) is 3.19. The van der Waals surface area contributed by atoms with E-state index in [1.165, 1.54) is 4.31 Å². The Kier molecular flexibility index (Phi) is 6.61. The van der Waals surface area contributed by atoms with Crippen LogP contribution in [0.3, 0.4) is 0 Å². The molecule has 4 rings (SSSR count). The van der Waals surface area contributed by atoms with Crippen molar-refractivity contribution in [3.05, 3.63) is 41.4 Å². The Morgan fingerprint density at radius 3 is 2.16 bits per heavy atom. The van der Waals surface area contributed by atoms with Crippen LogP contribution in [0.1, 0.15) is 39.2 Å². The Bertz CT molecular complexity index is 1010. The first-order valence-corrected chi connectivity index (χ1v) is 13.5. The van der Waals surface area contributed by atoms with Crippen molar-refractivity contribution < 1.29 is 13.2 Å². The van der Waals surface area contributed by atoms with Crippen molar-refractivity contribution in [2.75, 3.05) is 44.2 Å². The summed E-state index contributed by atoms with van der Waals surface area (Å²) < 4.78 is 27.7. The molecule has 2 aromatic rings. The second-order valence-electron chi connectivity index (χ2n) is 9.58. The number of hydrogen-bond acceptors (Lipinski definition) is 6. The average Bonchev–Trinajstić information content (AvgIpc) is 3.33. The average molecular weight is 477 g/mol. The molecular formula is C23H32N4O3S2. The molecule has 1 amide bonds. The van der Waals surface area contributed by atoms with Crippen molar-refractivity contribution in [2.24, 2.45) is 5.92 Å². The smallest absolute Gasteiger partial charge is 0.243 e. The van der Waals surface area contributed by atoms with Gasteiger partial charge in [0.15, 0.2) is 5.13 Å². The number of anilines is 1. The maximum absolute atomic E-state index is 13.1. The summed E-state index contributed by atoms with van der Waals surface area (Å²) in [6, 6.07) is 7.20. The Labute approximate surface area is 195 Å². The summed E-state index contributed by atoms with van der Waals surface area (Å²) in [7, 11) is -3.53. The first-order valence-electron chi connectivity index (χ1n) is 11.2. The summed E-state index contributed by atoms with van der Waals surface area (Å²) in [5.41, 5.74) is 1.09. The van der Waals surface area contributed by atoms with E-state index in [2.05, 4.69) is 30.7 Å². The van der Waals surface area contributed by atoms with Crippen LogP contribution in [0.5, 0.6) is 0 Å². The number of benzene rings is 1. The fraction of sp³-hybridized carbons (Fsp3) is 0.565. The molecule has 0 bridgehead atoms. The third-order valence-electron chi connectivity index (χ3n) is 6.44. The van der Waals surface area contributed by atoms with Crippen LogP contribution < -0.4 is 4.90 Å². The highest BCUT2D eigenvalue weighted by atomic mass is 32.2. The number of thiazole rings is 1. The van der Waals surface area contributed by atoms with Gasteiger partial charge in [0.1, 0.15) is 0 Å². The van der Waals surface area contributed by atoms with Crippen LogP contribution in [-0.4, -0.2) is 67.8 Å². The van der Waals surface area contributed by atoms with Gasteiger partial charge in [0.2, 0.25) is 15.9 Å². The van der Waals surface area contributed by atoms with Gasteiger partial charge in [-0.2, -0.15) is 4.31 Å². The first-order chi connectivity index (χ1) is 15.2. The van der Waals surface area contributed by atoms with Gasteiger partial charge in [0.25, 0.3) is 0 Å². The highest BCUT2D eigenvalue weighted by Crippen LogP contribution is 2.28. The lowest BCUT2D eigenvalue weighted by atomic mass is 9.87. The molecule has 9 heteroatoms. The lowest BCUT2D eigenvalue weighted by Gasteiger charge is -2.38. The topological polar surface area (TPSA) is 73.8 Å². The second-order valence-corrected chi connectivity index (χ2v) is 12.4. The molecule has 0 radical (unpaired) electrons. The molecule has 7 nitrogen and oxygen atoms in total. The molecular weight excluding hydrogens is 444 g/mol. The molecule has 0 spiro atoms. The normalized spacial score (nSPS) is 19.3. The van der Waals surface area contributed by atoms with Crippen LogP contribution in [0, 0.1) is 5.92 Å². The fourth-order valence-corrected chi connectivity index (χ4v) is 6.53. The number of carbonyl (C=O) groups is 1. The molecule has 1 aromatic heterocycles. The van der Waals surface area contributed by atoms with E-state index in [1.807, 2.05) is 22.4 Å². The first kappa shape index (κ1) is 23.2. The highest BCUT2D eigenvalue weighted by Gasteiger charge is 2.35. The molecule has 2 aliphatic rings. The minimum absolute atomic E-state index is 0.0211. The molecule has 0 saturated carbocycles. The van der Waals surface area contributed by atoms with Crippen molar-refractivity contribution >= 4 is 32.4 Å². The SMILES string of the molecule is CC(C)(C)c1ccc(S(=O)(=O)N2CCC(C(=O)N3CCN(c4nccs4)CC3)CC2)cc1. The van der Waals surface area contributed by atoms with E-state index >= 15 is 0 Å². The zero-order chi connectivity index (χ0) is 22.9. The molecule has 3 heterocycles. The second kappa shape index (κ2) is 9.11. The van der Waals surface area contributed by atoms with Crippen molar-refractivity contribution in [1.29, 1.82) is 0 Å². The van der Waals surface area contributed by atoms with Crippen molar-refractivity contribution in [3.8, 4) is 0 Å². The number of aromatic nitrogens is 1. The third kappa shape index (κ3) is 4.84. The van der Waals surface area contributed by atoms with E-state index in [4.69, 9.17) is 0 Å². The Morgan fingerprint density at radius 1 is 1.00 bits per heavy atom. The maximum Gasteiger partial charge on any atom is 0.243 e. The number of nitrogens with zero attached hydrogens (tertiary/aromatic N) is 4. The van der Waals surface area contributed by atoms with Gasteiger partial charge in [-0.05, 0) is 36.0 Å². The molecule has 1 aromatic carbocycles. The monoisotopic (exact) mass is 476 g/mol. The molecule has 0 atom stereocenters. The van der Waals surface area contributed by atoms with Crippen LogP contribution in [0.25, 0.3) is 0 Å².